The minimum Gasteiger partial charge on any atom is -0.479 e. The summed E-state index contributed by atoms with van der Waals surface area (Å²) in [5.74, 6) is -8.51. The molecule has 1 atom stereocenters. The molecule has 0 saturated carbocycles. The van der Waals surface area contributed by atoms with E-state index < -0.39 is 29.2 Å². The van der Waals surface area contributed by atoms with Gasteiger partial charge in [-0.3, -0.25) is 0 Å². The van der Waals surface area contributed by atoms with Crippen LogP contribution >= 0.6 is 0 Å². The third-order valence-corrected chi connectivity index (χ3v) is 2.59. The van der Waals surface area contributed by atoms with E-state index in [0.717, 1.165) is 12.1 Å². The van der Waals surface area contributed by atoms with Gasteiger partial charge in [0.05, 0.1) is 0 Å². The number of rotatable bonds is 3. The van der Waals surface area contributed by atoms with Crippen molar-refractivity contribution < 1.29 is 37.0 Å². The molecule has 1 rings (SSSR count). The fourth-order valence-corrected chi connectivity index (χ4v) is 1.44. The maximum atomic E-state index is 13.3. The van der Waals surface area contributed by atoms with E-state index in [1.54, 1.807) is 0 Å². The molecule has 3 nitrogen and oxygen atoms in total. The summed E-state index contributed by atoms with van der Waals surface area (Å²) in [6.07, 6.45) is -6.20. The summed E-state index contributed by atoms with van der Waals surface area (Å²) in [5, 5.41) is 18.1. The molecule has 0 aliphatic heterocycles. The van der Waals surface area contributed by atoms with Gasteiger partial charge in [-0.15, -0.1) is 0 Å². The Kier molecular flexibility index (Phi) is 3.59. The average molecular weight is 284 g/mol. The van der Waals surface area contributed by atoms with Crippen molar-refractivity contribution in [1.82, 2.24) is 0 Å². The van der Waals surface area contributed by atoms with Crippen LogP contribution in [-0.4, -0.2) is 28.3 Å². The molecule has 8 heteroatoms. The number of alkyl halides is 5. The summed E-state index contributed by atoms with van der Waals surface area (Å²) in [7, 11) is 0. The van der Waals surface area contributed by atoms with E-state index >= 15 is 0 Å². The van der Waals surface area contributed by atoms with Crippen molar-refractivity contribution in [2.24, 2.45) is 0 Å². The lowest BCUT2D eigenvalue weighted by Crippen LogP contribution is -2.59. The number of halogens is 5. The first-order valence-electron chi connectivity index (χ1n) is 4.92. The number of benzene rings is 1. The standard InChI is InChI=1S/C11H9F5O3/c1-6-2-4-7(5-3-6)9(19,8(17)18)10(12,13)11(14,15)16/h2-5,19H,1H3,(H,17,18)/t9-/m1/s1. The first-order valence-corrected chi connectivity index (χ1v) is 4.92. The average Bonchev–Trinajstić information content (AvgIpc) is 2.26. The Hall–Kier alpha value is -1.70. The van der Waals surface area contributed by atoms with E-state index in [0.29, 0.717) is 17.7 Å². The fraction of sp³-hybridized carbons (Fsp3) is 0.364. The molecule has 0 fully saturated rings. The van der Waals surface area contributed by atoms with Crippen molar-refractivity contribution in [3.8, 4) is 0 Å². The molecule has 0 aliphatic carbocycles. The number of hydrogen-bond donors (Lipinski definition) is 2. The second-order valence-electron chi connectivity index (χ2n) is 3.95. The summed E-state index contributed by atoms with van der Waals surface area (Å²) in [5.41, 5.74) is -4.92. The molecular weight excluding hydrogens is 275 g/mol. The number of carboxylic acids is 1. The third-order valence-electron chi connectivity index (χ3n) is 2.59. The van der Waals surface area contributed by atoms with Gasteiger partial charge in [-0.1, -0.05) is 29.8 Å². The Morgan fingerprint density at radius 3 is 1.79 bits per heavy atom. The quantitative estimate of drug-likeness (QED) is 0.838. The second-order valence-corrected chi connectivity index (χ2v) is 3.95. The van der Waals surface area contributed by atoms with Crippen LogP contribution in [0.15, 0.2) is 24.3 Å². The predicted molar refractivity (Wildman–Crippen MR) is 53.7 cm³/mol. The van der Waals surface area contributed by atoms with E-state index in [9.17, 15) is 31.9 Å². The van der Waals surface area contributed by atoms with Crippen LogP contribution in [0.25, 0.3) is 0 Å². The van der Waals surface area contributed by atoms with Gasteiger partial charge in [0.1, 0.15) is 0 Å². The van der Waals surface area contributed by atoms with Crippen molar-refractivity contribution in [2.45, 2.75) is 24.6 Å². The largest absolute Gasteiger partial charge is 0.479 e. The summed E-state index contributed by atoms with van der Waals surface area (Å²) >= 11 is 0. The zero-order valence-electron chi connectivity index (χ0n) is 9.50. The molecular formula is C11H9F5O3. The third kappa shape index (κ3) is 2.27. The molecule has 0 unspecified atom stereocenters. The number of aryl methyl sites for hydroxylation is 1. The van der Waals surface area contributed by atoms with E-state index in [4.69, 9.17) is 5.11 Å². The van der Waals surface area contributed by atoms with Gasteiger partial charge in [0.2, 0.25) is 0 Å². The maximum absolute atomic E-state index is 13.3. The minimum absolute atomic E-state index is 0.506. The van der Waals surface area contributed by atoms with Crippen molar-refractivity contribution in [1.29, 1.82) is 0 Å². The molecule has 19 heavy (non-hydrogen) atoms. The summed E-state index contributed by atoms with van der Waals surface area (Å²) in [6.45, 7) is 1.52. The Labute approximate surface area is 104 Å². The van der Waals surface area contributed by atoms with Crippen LogP contribution in [-0.2, 0) is 10.4 Å². The smallest absolute Gasteiger partial charge is 0.457 e. The topological polar surface area (TPSA) is 57.5 Å². The Morgan fingerprint density at radius 1 is 1.05 bits per heavy atom. The predicted octanol–water partition coefficient (Wildman–Crippen LogP) is 2.46. The molecule has 1 aromatic rings. The first-order chi connectivity index (χ1) is 8.44. The molecule has 0 saturated heterocycles. The van der Waals surface area contributed by atoms with Crippen LogP contribution in [0.2, 0.25) is 0 Å². The normalized spacial score (nSPS) is 15.9. The van der Waals surface area contributed by atoms with Gasteiger partial charge in [0.15, 0.2) is 0 Å². The Balaban J connectivity index is 3.50. The van der Waals surface area contributed by atoms with Gasteiger partial charge in [0.25, 0.3) is 5.60 Å². The summed E-state index contributed by atoms with van der Waals surface area (Å²) < 4.78 is 63.4. The van der Waals surface area contributed by atoms with Crippen molar-refractivity contribution in [3.05, 3.63) is 35.4 Å². The van der Waals surface area contributed by atoms with Crippen LogP contribution in [0.1, 0.15) is 11.1 Å². The highest BCUT2D eigenvalue weighted by Crippen LogP contribution is 2.48. The molecule has 0 bridgehead atoms. The summed E-state index contributed by atoms with van der Waals surface area (Å²) in [4.78, 5) is 10.8. The highest BCUT2D eigenvalue weighted by atomic mass is 19.4. The van der Waals surface area contributed by atoms with Gasteiger partial charge in [-0.25, -0.2) is 4.79 Å². The molecule has 0 heterocycles. The molecule has 0 radical (unpaired) electrons. The SMILES string of the molecule is Cc1ccc([C@@](O)(C(=O)O)C(F)(F)C(F)(F)F)cc1. The first kappa shape index (κ1) is 15.4. The molecule has 0 amide bonds. The van der Waals surface area contributed by atoms with E-state index in [2.05, 4.69) is 0 Å². The zero-order chi connectivity index (χ0) is 15.1. The van der Waals surface area contributed by atoms with Crippen LogP contribution < -0.4 is 0 Å². The van der Waals surface area contributed by atoms with Crippen molar-refractivity contribution >= 4 is 5.97 Å². The molecule has 2 N–H and O–H groups in total. The number of carbonyl (C=O) groups is 1. The van der Waals surface area contributed by atoms with Gasteiger partial charge < -0.3 is 10.2 Å². The highest BCUT2D eigenvalue weighted by molar-refractivity contribution is 5.81. The van der Waals surface area contributed by atoms with Gasteiger partial charge in [0, 0.05) is 5.56 Å². The van der Waals surface area contributed by atoms with E-state index in [1.807, 2.05) is 0 Å². The fourth-order valence-electron chi connectivity index (χ4n) is 1.44. The monoisotopic (exact) mass is 284 g/mol. The molecule has 0 aromatic heterocycles. The second kappa shape index (κ2) is 4.44. The number of aliphatic hydroxyl groups is 1. The lowest BCUT2D eigenvalue weighted by Gasteiger charge is -2.33. The van der Waals surface area contributed by atoms with Crippen LogP contribution in [0.3, 0.4) is 0 Å². The van der Waals surface area contributed by atoms with Crippen LogP contribution in [0, 0.1) is 6.92 Å². The van der Waals surface area contributed by atoms with E-state index in [1.165, 1.54) is 6.92 Å². The minimum atomic E-state index is -6.20. The lowest BCUT2D eigenvalue weighted by molar-refractivity contribution is -0.340. The molecule has 0 aliphatic rings. The highest BCUT2D eigenvalue weighted by Gasteiger charge is 2.74. The molecule has 0 spiro atoms. The number of carboxylic acid groups (broad SMARTS) is 1. The van der Waals surface area contributed by atoms with Crippen LogP contribution in [0.4, 0.5) is 22.0 Å². The zero-order valence-corrected chi connectivity index (χ0v) is 9.50. The molecule has 106 valence electrons. The number of hydrogen-bond acceptors (Lipinski definition) is 2. The van der Waals surface area contributed by atoms with Gasteiger partial charge in [-0.2, -0.15) is 22.0 Å². The Bertz CT molecular complexity index is 480. The maximum Gasteiger partial charge on any atom is 0.457 e. The Morgan fingerprint density at radius 2 is 1.47 bits per heavy atom. The van der Waals surface area contributed by atoms with Gasteiger partial charge >= 0.3 is 18.1 Å². The molecule has 1 aromatic carbocycles. The summed E-state index contributed by atoms with van der Waals surface area (Å²) in [6, 6.07) is 3.66. The van der Waals surface area contributed by atoms with Crippen molar-refractivity contribution in [2.75, 3.05) is 0 Å². The van der Waals surface area contributed by atoms with E-state index in [-0.39, 0.29) is 0 Å². The van der Waals surface area contributed by atoms with Gasteiger partial charge in [-0.05, 0) is 6.92 Å². The van der Waals surface area contributed by atoms with Crippen molar-refractivity contribution in [3.63, 3.8) is 0 Å². The van der Waals surface area contributed by atoms with Crippen LogP contribution in [0.5, 0.6) is 0 Å². The number of aliphatic carboxylic acids is 1. The lowest BCUT2D eigenvalue weighted by atomic mass is 9.86.